The van der Waals surface area contributed by atoms with Gasteiger partial charge in [0.25, 0.3) is 0 Å². The van der Waals surface area contributed by atoms with Gasteiger partial charge >= 0.3 is 0 Å². The molecule has 1 unspecified atom stereocenters. The molecule has 0 fully saturated rings. The van der Waals surface area contributed by atoms with E-state index in [1.54, 1.807) is 12.1 Å². The van der Waals surface area contributed by atoms with Crippen LogP contribution in [0.25, 0.3) is 10.9 Å². The highest BCUT2D eigenvalue weighted by Gasteiger charge is 2.22. The summed E-state index contributed by atoms with van der Waals surface area (Å²) in [6.45, 7) is 0. The summed E-state index contributed by atoms with van der Waals surface area (Å²) in [5.74, 6) is 0.0823. The van der Waals surface area contributed by atoms with Crippen LogP contribution >= 0.6 is 0 Å². The van der Waals surface area contributed by atoms with E-state index in [-0.39, 0.29) is 17.7 Å². The molecule has 0 bridgehead atoms. The Morgan fingerprint density at radius 1 is 0.909 bits per heavy atom. The molecule has 0 aliphatic heterocycles. The monoisotopic (exact) mass is 297 g/mol. The molecule has 0 saturated heterocycles. The fourth-order valence-corrected chi connectivity index (χ4v) is 3.03. The summed E-state index contributed by atoms with van der Waals surface area (Å²) in [6, 6.07) is 9.46. The molecule has 0 spiro atoms. The van der Waals surface area contributed by atoms with Gasteiger partial charge in [-0.2, -0.15) is 0 Å². The highest BCUT2D eigenvalue weighted by Crippen LogP contribution is 2.27. The van der Waals surface area contributed by atoms with E-state index < -0.39 is 0 Å². The van der Waals surface area contributed by atoms with Gasteiger partial charge in [-0.1, -0.05) is 6.07 Å². The molecule has 1 N–H and O–H groups in total. The second kappa shape index (κ2) is 5.02. The lowest BCUT2D eigenvalue weighted by Gasteiger charge is -2.14. The number of hydrogen-bond donors (Lipinski definition) is 1. The molecule has 0 amide bonds. The van der Waals surface area contributed by atoms with Crippen LogP contribution < -0.4 is 5.32 Å². The largest absolute Gasteiger partial charge is 0.366 e. The summed E-state index contributed by atoms with van der Waals surface area (Å²) in [4.78, 5) is 8.37. The average Bonchev–Trinajstić information content (AvgIpc) is 2.89. The molecule has 1 heterocycles. The molecule has 3 aromatic rings. The molecule has 1 aromatic heterocycles. The minimum Gasteiger partial charge on any atom is -0.366 e. The van der Waals surface area contributed by atoms with Gasteiger partial charge in [-0.3, -0.25) is 0 Å². The van der Waals surface area contributed by atoms with Crippen molar-refractivity contribution >= 4 is 16.7 Å². The Balaban J connectivity index is 1.64. The number of halogens is 2. The van der Waals surface area contributed by atoms with E-state index in [0.717, 1.165) is 24.0 Å². The first-order valence-electron chi connectivity index (χ1n) is 7.13. The molecule has 1 aliphatic rings. The third kappa shape index (κ3) is 2.28. The van der Waals surface area contributed by atoms with Crippen LogP contribution in [0, 0.1) is 11.6 Å². The number of nitrogens with zero attached hydrogens (tertiary/aromatic N) is 2. The SMILES string of the molecule is Fc1ccc2c(c1)CC(Nc1ncnc3ccc(F)cc13)C2. The Morgan fingerprint density at radius 3 is 2.59 bits per heavy atom. The normalized spacial score (nSPS) is 16.7. The predicted octanol–water partition coefficient (Wildman–Crippen LogP) is 3.49. The lowest BCUT2D eigenvalue weighted by molar-refractivity contribution is 0.625. The van der Waals surface area contributed by atoms with E-state index >= 15 is 0 Å². The molecular weight excluding hydrogens is 284 g/mol. The quantitative estimate of drug-likeness (QED) is 0.787. The summed E-state index contributed by atoms with van der Waals surface area (Å²) < 4.78 is 26.8. The smallest absolute Gasteiger partial charge is 0.137 e. The maximum absolute atomic E-state index is 13.5. The van der Waals surface area contributed by atoms with Crippen molar-refractivity contribution in [2.45, 2.75) is 18.9 Å². The van der Waals surface area contributed by atoms with Crippen molar-refractivity contribution in [2.75, 3.05) is 5.32 Å². The number of aromatic nitrogens is 2. The molecule has 2 aromatic carbocycles. The van der Waals surface area contributed by atoms with Crippen molar-refractivity contribution < 1.29 is 8.78 Å². The van der Waals surface area contributed by atoms with E-state index in [2.05, 4.69) is 15.3 Å². The molecule has 1 aliphatic carbocycles. The van der Waals surface area contributed by atoms with Crippen LogP contribution in [0.5, 0.6) is 0 Å². The second-order valence-electron chi connectivity index (χ2n) is 5.55. The molecule has 110 valence electrons. The molecule has 0 saturated carbocycles. The lowest BCUT2D eigenvalue weighted by atomic mass is 10.1. The summed E-state index contributed by atoms with van der Waals surface area (Å²) in [6.07, 6.45) is 2.99. The van der Waals surface area contributed by atoms with Gasteiger partial charge in [-0.05, 0) is 54.3 Å². The van der Waals surface area contributed by atoms with Crippen molar-refractivity contribution in [2.24, 2.45) is 0 Å². The number of hydrogen-bond acceptors (Lipinski definition) is 3. The molecule has 5 heteroatoms. The van der Waals surface area contributed by atoms with Crippen molar-refractivity contribution in [1.82, 2.24) is 9.97 Å². The van der Waals surface area contributed by atoms with Crippen LogP contribution in [0.15, 0.2) is 42.7 Å². The van der Waals surface area contributed by atoms with Crippen LogP contribution in [0.3, 0.4) is 0 Å². The van der Waals surface area contributed by atoms with Gasteiger partial charge in [0.15, 0.2) is 0 Å². The van der Waals surface area contributed by atoms with Crippen molar-refractivity contribution in [3.05, 3.63) is 65.5 Å². The molecule has 3 nitrogen and oxygen atoms in total. The number of nitrogens with one attached hydrogen (secondary N) is 1. The fraction of sp³-hybridized carbons (Fsp3) is 0.176. The maximum atomic E-state index is 13.5. The first-order chi connectivity index (χ1) is 10.7. The fourth-order valence-electron chi connectivity index (χ4n) is 3.03. The minimum atomic E-state index is -0.317. The Bertz CT molecular complexity index is 864. The predicted molar refractivity (Wildman–Crippen MR) is 80.7 cm³/mol. The van der Waals surface area contributed by atoms with Gasteiger partial charge in [0.05, 0.1) is 5.52 Å². The highest BCUT2D eigenvalue weighted by atomic mass is 19.1. The lowest BCUT2D eigenvalue weighted by Crippen LogP contribution is -2.20. The number of rotatable bonds is 2. The minimum absolute atomic E-state index is 0.123. The molecule has 0 radical (unpaired) electrons. The second-order valence-corrected chi connectivity index (χ2v) is 5.55. The Hall–Kier alpha value is -2.56. The van der Waals surface area contributed by atoms with E-state index in [4.69, 9.17) is 0 Å². The third-order valence-electron chi connectivity index (χ3n) is 4.04. The van der Waals surface area contributed by atoms with Gasteiger partial charge in [0.1, 0.15) is 23.8 Å². The summed E-state index contributed by atoms with van der Waals surface area (Å²) in [7, 11) is 0. The zero-order valence-electron chi connectivity index (χ0n) is 11.7. The first kappa shape index (κ1) is 13.1. The standard InChI is InChI=1S/C17H13F2N3/c18-12-2-1-10-6-14(7-11(10)5-12)22-17-15-8-13(19)3-4-16(15)20-9-21-17/h1-5,8-9,14H,6-7H2,(H,20,21,22). The molecule has 1 atom stereocenters. The number of benzene rings is 2. The van der Waals surface area contributed by atoms with Crippen molar-refractivity contribution in [3.63, 3.8) is 0 Å². The number of fused-ring (bicyclic) bond motifs is 2. The van der Waals surface area contributed by atoms with Crippen LogP contribution in [-0.2, 0) is 12.8 Å². The van der Waals surface area contributed by atoms with Crippen LogP contribution in [0.1, 0.15) is 11.1 Å². The first-order valence-corrected chi connectivity index (χ1v) is 7.13. The van der Waals surface area contributed by atoms with Gasteiger partial charge in [0, 0.05) is 11.4 Å². The van der Waals surface area contributed by atoms with Gasteiger partial charge in [-0.25, -0.2) is 18.7 Å². The van der Waals surface area contributed by atoms with Gasteiger partial charge in [-0.15, -0.1) is 0 Å². The van der Waals surface area contributed by atoms with Crippen LogP contribution in [-0.4, -0.2) is 16.0 Å². The molecule has 4 rings (SSSR count). The van der Waals surface area contributed by atoms with E-state index in [1.807, 2.05) is 6.07 Å². The maximum Gasteiger partial charge on any atom is 0.137 e. The van der Waals surface area contributed by atoms with Crippen molar-refractivity contribution in [3.8, 4) is 0 Å². The Morgan fingerprint density at radius 2 is 1.68 bits per heavy atom. The number of anilines is 1. The average molecular weight is 297 g/mol. The zero-order valence-corrected chi connectivity index (χ0v) is 11.7. The molecule has 22 heavy (non-hydrogen) atoms. The van der Waals surface area contributed by atoms with Gasteiger partial charge < -0.3 is 5.32 Å². The Kier molecular flexibility index (Phi) is 2.99. The third-order valence-corrected chi connectivity index (χ3v) is 4.04. The van der Waals surface area contributed by atoms with Crippen molar-refractivity contribution in [1.29, 1.82) is 0 Å². The van der Waals surface area contributed by atoms with Gasteiger partial charge in [0.2, 0.25) is 0 Å². The summed E-state index contributed by atoms with van der Waals surface area (Å²) in [5, 5.41) is 3.99. The summed E-state index contributed by atoms with van der Waals surface area (Å²) in [5.41, 5.74) is 2.85. The highest BCUT2D eigenvalue weighted by molar-refractivity contribution is 5.88. The van der Waals surface area contributed by atoms with Crippen LogP contribution in [0.4, 0.5) is 14.6 Å². The van der Waals surface area contributed by atoms with Crippen LogP contribution in [0.2, 0.25) is 0 Å². The van der Waals surface area contributed by atoms with E-state index in [9.17, 15) is 8.78 Å². The zero-order chi connectivity index (χ0) is 15.1. The Labute approximate surface area is 126 Å². The topological polar surface area (TPSA) is 37.8 Å². The molecular formula is C17H13F2N3. The van der Waals surface area contributed by atoms with E-state index in [1.165, 1.54) is 24.5 Å². The summed E-state index contributed by atoms with van der Waals surface area (Å²) >= 11 is 0. The van der Waals surface area contributed by atoms with E-state index in [0.29, 0.717) is 16.7 Å².